The van der Waals surface area contributed by atoms with Crippen molar-refractivity contribution in [1.82, 2.24) is 9.78 Å². The molecule has 182 valence electrons. The second-order valence-electron chi connectivity index (χ2n) is 8.76. The van der Waals surface area contributed by atoms with E-state index in [9.17, 15) is 19.1 Å². The van der Waals surface area contributed by atoms with Crippen LogP contribution in [0.25, 0.3) is 16.8 Å². The highest BCUT2D eigenvalue weighted by atomic mass is 19.1. The van der Waals surface area contributed by atoms with Gasteiger partial charge in [-0.25, -0.2) is 13.9 Å². The molecule has 0 aliphatic heterocycles. The quantitative estimate of drug-likeness (QED) is 0.340. The summed E-state index contributed by atoms with van der Waals surface area (Å²) < 4.78 is 20.9. The zero-order valence-corrected chi connectivity index (χ0v) is 19.4. The number of hydrogen-bond acceptors (Lipinski definition) is 4. The summed E-state index contributed by atoms with van der Waals surface area (Å²) in [6.45, 7) is 0.159. The molecule has 1 aromatic heterocycles. The minimum absolute atomic E-state index is 0.111. The van der Waals surface area contributed by atoms with Crippen LogP contribution in [0.2, 0.25) is 0 Å². The number of carbonyl (C=O) groups excluding carboxylic acids is 1. The van der Waals surface area contributed by atoms with Gasteiger partial charge in [-0.15, -0.1) is 0 Å². The van der Waals surface area contributed by atoms with Gasteiger partial charge >= 0.3 is 12.1 Å². The molecule has 2 N–H and O–H groups in total. The largest absolute Gasteiger partial charge is 0.481 e. The van der Waals surface area contributed by atoms with Crippen LogP contribution in [-0.4, -0.2) is 33.6 Å². The normalized spacial score (nSPS) is 13.7. The molecule has 0 bridgehead atoms. The van der Waals surface area contributed by atoms with Crippen molar-refractivity contribution < 1.29 is 23.8 Å². The van der Waals surface area contributed by atoms with E-state index in [0.29, 0.717) is 24.9 Å². The summed E-state index contributed by atoms with van der Waals surface area (Å²) in [5.74, 6) is -1.57. The minimum atomic E-state index is -0.782. The van der Waals surface area contributed by atoms with Crippen LogP contribution in [0.15, 0.2) is 85.1 Å². The van der Waals surface area contributed by atoms with Crippen LogP contribution in [0.4, 0.5) is 15.0 Å². The Kier molecular flexibility index (Phi) is 6.25. The maximum atomic E-state index is 14.4. The van der Waals surface area contributed by atoms with E-state index in [2.05, 4.69) is 10.4 Å². The number of anilines is 1. The standard InChI is InChI=1S/C28H24FN3O4/c29-24-18-30-32(25(24)31-27(35)36-17-14-19-4-2-1-3-5-19)23-12-8-21(9-13-23)20-6-10-22(11-7-20)28(15-16-28)26(33)34/h1-13,18H,14-17H2,(H,31,35)(H,33,34). The van der Waals surface area contributed by atoms with Crippen molar-refractivity contribution in [3.8, 4) is 16.8 Å². The first-order chi connectivity index (χ1) is 17.5. The molecule has 7 nitrogen and oxygen atoms in total. The summed E-state index contributed by atoms with van der Waals surface area (Å²) in [6.07, 6.45) is 2.14. The molecule has 4 aromatic rings. The molecule has 0 spiro atoms. The zero-order chi connectivity index (χ0) is 25.1. The third-order valence-electron chi connectivity index (χ3n) is 6.45. The molecule has 5 rings (SSSR count). The van der Waals surface area contributed by atoms with Crippen molar-refractivity contribution in [2.45, 2.75) is 24.7 Å². The molecular weight excluding hydrogens is 461 g/mol. The highest BCUT2D eigenvalue weighted by Crippen LogP contribution is 2.48. The lowest BCUT2D eigenvalue weighted by atomic mass is 9.94. The van der Waals surface area contributed by atoms with Crippen LogP contribution >= 0.6 is 0 Å². The number of ether oxygens (including phenoxy) is 1. The number of carboxylic acids is 1. The average Bonchev–Trinajstić information content (AvgIpc) is 3.64. The van der Waals surface area contributed by atoms with Crippen LogP contribution in [0.3, 0.4) is 0 Å². The second kappa shape index (κ2) is 9.65. The Morgan fingerprint density at radius 1 is 0.972 bits per heavy atom. The second-order valence-corrected chi connectivity index (χ2v) is 8.76. The van der Waals surface area contributed by atoms with Crippen molar-refractivity contribution in [3.63, 3.8) is 0 Å². The lowest BCUT2D eigenvalue weighted by molar-refractivity contribution is -0.140. The number of nitrogens with zero attached hydrogens (tertiary/aromatic N) is 2. The van der Waals surface area contributed by atoms with E-state index < -0.39 is 23.3 Å². The molecular formula is C28H24FN3O4. The first kappa shape index (κ1) is 23.3. The number of nitrogens with one attached hydrogen (secondary N) is 1. The van der Waals surface area contributed by atoms with Gasteiger partial charge in [0.1, 0.15) is 0 Å². The molecule has 1 heterocycles. The fourth-order valence-corrected chi connectivity index (χ4v) is 4.20. The van der Waals surface area contributed by atoms with E-state index in [1.54, 1.807) is 12.1 Å². The number of rotatable bonds is 8. The van der Waals surface area contributed by atoms with Crippen LogP contribution < -0.4 is 5.32 Å². The fourth-order valence-electron chi connectivity index (χ4n) is 4.20. The van der Waals surface area contributed by atoms with E-state index in [1.807, 2.05) is 66.7 Å². The van der Waals surface area contributed by atoms with Crippen LogP contribution in [0.5, 0.6) is 0 Å². The Morgan fingerprint density at radius 2 is 1.61 bits per heavy atom. The molecule has 0 radical (unpaired) electrons. The molecule has 1 aliphatic carbocycles. The van der Waals surface area contributed by atoms with Gasteiger partial charge in [-0.05, 0) is 47.2 Å². The maximum absolute atomic E-state index is 14.4. The van der Waals surface area contributed by atoms with E-state index in [0.717, 1.165) is 28.5 Å². The van der Waals surface area contributed by atoms with E-state index >= 15 is 0 Å². The molecule has 8 heteroatoms. The molecule has 3 aromatic carbocycles. The zero-order valence-electron chi connectivity index (χ0n) is 19.4. The van der Waals surface area contributed by atoms with Gasteiger partial charge < -0.3 is 9.84 Å². The van der Waals surface area contributed by atoms with Gasteiger partial charge in [0.25, 0.3) is 0 Å². The molecule has 0 unspecified atom stereocenters. The number of amides is 1. The first-order valence-electron chi connectivity index (χ1n) is 11.6. The molecule has 1 amide bonds. The number of hydrogen-bond donors (Lipinski definition) is 2. The van der Waals surface area contributed by atoms with Gasteiger partial charge in [0.15, 0.2) is 11.6 Å². The highest BCUT2D eigenvalue weighted by molar-refractivity contribution is 5.85. The van der Waals surface area contributed by atoms with Gasteiger partial charge in [-0.1, -0.05) is 66.7 Å². The molecule has 1 saturated carbocycles. The summed E-state index contributed by atoms with van der Waals surface area (Å²) in [5.41, 5.74) is 3.51. The predicted molar refractivity (Wildman–Crippen MR) is 133 cm³/mol. The predicted octanol–water partition coefficient (Wildman–Crippen LogP) is 5.59. The number of aromatic nitrogens is 2. The molecule has 0 atom stereocenters. The van der Waals surface area contributed by atoms with E-state index in [1.165, 1.54) is 4.68 Å². The highest BCUT2D eigenvalue weighted by Gasteiger charge is 2.51. The summed E-state index contributed by atoms with van der Waals surface area (Å²) >= 11 is 0. The van der Waals surface area contributed by atoms with E-state index in [-0.39, 0.29) is 12.4 Å². The summed E-state index contributed by atoms with van der Waals surface area (Å²) in [5, 5.41) is 16.0. The lowest BCUT2D eigenvalue weighted by Crippen LogP contribution is -2.19. The van der Waals surface area contributed by atoms with Crippen molar-refractivity contribution >= 4 is 17.9 Å². The third kappa shape index (κ3) is 4.70. The van der Waals surface area contributed by atoms with Crippen molar-refractivity contribution in [2.24, 2.45) is 0 Å². The summed E-state index contributed by atoms with van der Waals surface area (Å²) in [7, 11) is 0. The van der Waals surface area contributed by atoms with Crippen LogP contribution in [-0.2, 0) is 21.4 Å². The summed E-state index contributed by atoms with van der Waals surface area (Å²) in [6, 6.07) is 24.4. The number of benzene rings is 3. The van der Waals surface area contributed by atoms with E-state index in [4.69, 9.17) is 4.74 Å². The van der Waals surface area contributed by atoms with Gasteiger partial charge in [0, 0.05) is 6.42 Å². The molecule has 36 heavy (non-hydrogen) atoms. The maximum Gasteiger partial charge on any atom is 0.412 e. The topological polar surface area (TPSA) is 93.5 Å². The fraction of sp³-hybridized carbons (Fsp3) is 0.179. The van der Waals surface area contributed by atoms with Gasteiger partial charge in [0.2, 0.25) is 0 Å². The Hall–Kier alpha value is -4.46. The lowest BCUT2D eigenvalue weighted by Gasteiger charge is -2.12. The van der Waals surface area contributed by atoms with Crippen LogP contribution in [0.1, 0.15) is 24.0 Å². The number of carboxylic acid groups (broad SMARTS) is 1. The first-order valence-corrected chi connectivity index (χ1v) is 11.6. The average molecular weight is 486 g/mol. The monoisotopic (exact) mass is 485 g/mol. The smallest absolute Gasteiger partial charge is 0.412 e. The van der Waals surface area contributed by atoms with Crippen molar-refractivity contribution in [2.75, 3.05) is 11.9 Å². The molecule has 1 aliphatic rings. The van der Waals surface area contributed by atoms with Gasteiger partial charge in [-0.3, -0.25) is 10.1 Å². The Bertz CT molecular complexity index is 1380. The Balaban J connectivity index is 1.25. The Labute approximate surface area is 207 Å². The summed E-state index contributed by atoms with van der Waals surface area (Å²) in [4.78, 5) is 23.8. The minimum Gasteiger partial charge on any atom is -0.481 e. The van der Waals surface area contributed by atoms with Gasteiger partial charge in [0.05, 0.1) is 23.9 Å². The van der Waals surface area contributed by atoms with Crippen LogP contribution in [0, 0.1) is 5.82 Å². The third-order valence-corrected chi connectivity index (χ3v) is 6.45. The van der Waals surface area contributed by atoms with Gasteiger partial charge in [-0.2, -0.15) is 5.10 Å². The Morgan fingerprint density at radius 3 is 2.22 bits per heavy atom. The molecule has 1 fully saturated rings. The number of halogens is 1. The SMILES string of the molecule is O=C(Nc1c(F)cnn1-c1ccc(-c2ccc(C3(C(=O)O)CC3)cc2)cc1)OCCc1ccccc1. The molecule has 0 saturated heterocycles. The van der Waals surface area contributed by atoms with Crippen molar-refractivity contribution in [1.29, 1.82) is 0 Å². The number of aliphatic carboxylic acids is 1. The van der Waals surface area contributed by atoms with Crippen molar-refractivity contribution in [3.05, 3.63) is 102 Å². The number of carbonyl (C=O) groups is 2.